The number of aryl methyl sites for hydroxylation is 1. The number of imidazole rings is 1. The molecule has 3 N–H and O–H groups in total. The zero-order valence-electron chi connectivity index (χ0n) is 23.5. The van der Waals surface area contributed by atoms with Crippen LogP contribution in [0.2, 0.25) is 10.0 Å². The highest BCUT2D eigenvalue weighted by Crippen LogP contribution is 2.35. The molecule has 0 aliphatic carbocycles. The molecule has 2 heterocycles. The first-order valence-electron chi connectivity index (χ1n) is 13.0. The van der Waals surface area contributed by atoms with Crippen molar-refractivity contribution in [3.63, 3.8) is 0 Å². The van der Waals surface area contributed by atoms with Crippen molar-refractivity contribution in [2.24, 2.45) is 0 Å². The molecule has 2 aromatic carbocycles. The molecule has 14 heteroatoms. The molecule has 0 saturated carbocycles. The molecule has 43 heavy (non-hydrogen) atoms. The number of amides is 4. The predicted octanol–water partition coefficient (Wildman–Crippen LogP) is 5.45. The number of methoxy groups -OCH3 is 1. The van der Waals surface area contributed by atoms with Crippen LogP contribution in [0.25, 0.3) is 5.65 Å². The number of hydrogen-bond donors (Lipinski definition) is 3. The summed E-state index contributed by atoms with van der Waals surface area (Å²) in [6.45, 7) is 2.33. The fourth-order valence-corrected chi connectivity index (χ4v) is 5.04. The van der Waals surface area contributed by atoms with Crippen LogP contribution in [0.5, 0.6) is 5.75 Å². The number of rotatable bonds is 11. The first kappa shape index (κ1) is 32.1. The van der Waals surface area contributed by atoms with Gasteiger partial charge in [-0.05, 0) is 65.3 Å². The number of pyridine rings is 1. The largest absolute Gasteiger partial charge is 0.485 e. The summed E-state index contributed by atoms with van der Waals surface area (Å²) >= 11 is 16.7. The van der Waals surface area contributed by atoms with E-state index in [4.69, 9.17) is 32.7 Å². The lowest BCUT2D eigenvalue weighted by Crippen LogP contribution is -2.40. The zero-order valence-corrected chi connectivity index (χ0v) is 26.6. The van der Waals surface area contributed by atoms with E-state index in [1.165, 1.54) is 11.0 Å². The van der Waals surface area contributed by atoms with E-state index in [1.54, 1.807) is 50.6 Å². The van der Waals surface area contributed by atoms with Crippen molar-refractivity contribution in [2.75, 3.05) is 44.1 Å². The summed E-state index contributed by atoms with van der Waals surface area (Å²) in [7, 11) is 3.08. The highest BCUT2D eigenvalue weighted by atomic mass is 79.9. The van der Waals surface area contributed by atoms with Crippen LogP contribution in [0.15, 0.2) is 59.3 Å². The highest BCUT2D eigenvalue weighted by Gasteiger charge is 2.20. The van der Waals surface area contributed by atoms with E-state index in [1.807, 2.05) is 23.6 Å². The molecule has 0 saturated heterocycles. The molecule has 0 atom stereocenters. The van der Waals surface area contributed by atoms with Gasteiger partial charge in [-0.1, -0.05) is 29.3 Å². The summed E-state index contributed by atoms with van der Waals surface area (Å²) < 4.78 is 13.6. The lowest BCUT2D eigenvalue weighted by atomic mass is 10.2. The van der Waals surface area contributed by atoms with Crippen molar-refractivity contribution >= 4 is 74.0 Å². The molecule has 4 aromatic rings. The van der Waals surface area contributed by atoms with Gasteiger partial charge in [0.05, 0.1) is 29.6 Å². The Morgan fingerprint density at radius 1 is 1.09 bits per heavy atom. The SMILES string of the molecule is COCCNC(=O)c1cccc(NC(=O)NCC(=O)N(C)c2ccc(Cl)c(COc3cccn4c(Br)c(C)nc34)c2Cl)c1. The number of urea groups is 1. The van der Waals surface area contributed by atoms with Crippen LogP contribution >= 0.6 is 39.1 Å². The minimum atomic E-state index is -0.620. The number of fused-ring (bicyclic) bond motifs is 1. The van der Waals surface area contributed by atoms with Gasteiger partial charge in [0, 0.05) is 48.7 Å². The first-order chi connectivity index (χ1) is 20.6. The third kappa shape index (κ3) is 7.77. The van der Waals surface area contributed by atoms with Gasteiger partial charge in [-0.15, -0.1) is 0 Å². The molecule has 4 rings (SSSR count). The molecule has 0 spiro atoms. The van der Waals surface area contributed by atoms with E-state index in [-0.39, 0.29) is 24.1 Å². The van der Waals surface area contributed by atoms with Crippen molar-refractivity contribution in [3.05, 3.63) is 86.2 Å². The summed E-state index contributed by atoms with van der Waals surface area (Å²) in [6.07, 6.45) is 1.86. The number of hydrogen-bond acceptors (Lipinski definition) is 6. The maximum absolute atomic E-state index is 13.0. The average molecular weight is 692 g/mol. The second kappa shape index (κ2) is 14.6. The van der Waals surface area contributed by atoms with E-state index in [0.29, 0.717) is 52.1 Å². The standard InChI is InChI=1S/C29H29BrCl2N6O5/c1-17-26(30)38-12-5-8-23(27(38)35-17)43-16-20-21(31)9-10-22(25(20)32)37(2)24(39)15-34-29(41)36-19-7-4-6-18(14-19)28(40)33-11-13-42-3/h4-10,12,14H,11,13,15-16H2,1-3H3,(H,33,40)(H2,34,36,41). The first-order valence-corrected chi connectivity index (χ1v) is 14.6. The summed E-state index contributed by atoms with van der Waals surface area (Å²) in [5, 5.41) is 8.46. The number of aromatic nitrogens is 2. The Hall–Kier alpha value is -3.84. The molecule has 226 valence electrons. The van der Waals surface area contributed by atoms with Crippen LogP contribution in [0.1, 0.15) is 21.6 Å². The quantitative estimate of drug-likeness (QED) is 0.180. The molecule has 0 radical (unpaired) electrons. The van der Waals surface area contributed by atoms with Crippen LogP contribution in [0, 0.1) is 6.92 Å². The second-order valence-electron chi connectivity index (χ2n) is 9.29. The maximum atomic E-state index is 13.0. The van der Waals surface area contributed by atoms with Gasteiger partial charge in [-0.2, -0.15) is 0 Å². The lowest BCUT2D eigenvalue weighted by molar-refractivity contribution is -0.117. The van der Waals surface area contributed by atoms with Gasteiger partial charge in [-0.25, -0.2) is 9.78 Å². The number of benzene rings is 2. The fourth-order valence-electron chi connectivity index (χ4n) is 4.06. The number of halogens is 3. The van der Waals surface area contributed by atoms with Crippen molar-refractivity contribution in [2.45, 2.75) is 13.5 Å². The maximum Gasteiger partial charge on any atom is 0.319 e. The number of carbonyl (C=O) groups excluding carboxylic acids is 3. The monoisotopic (exact) mass is 690 g/mol. The van der Waals surface area contributed by atoms with Gasteiger partial charge in [0.15, 0.2) is 11.4 Å². The molecule has 11 nitrogen and oxygen atoms in total. The molecule has 2 aromatic heterocycles. The van der Waals surface area contributed by atoms with Crippen LogP contribution in [-0.4, -0.2) is 61.1 Å². The number of likely N-dealkylation sites (N-methyl/N-ethyl adjacent to an activating group) is 1. The normalized spacial score (nSPS) is 10.8. The minimum Gasteiger partial charge on any atom is -0.485 e. The molecule has 0 aliphatic heterocycles. The van der Waals surface area contributed by atoms with E-state index in [0.717, 1.165) is 10.3 Å². The number of nitrogens with zero attached hydrogens (tertiary/aromatic N) is 3. The second-order valence-corrected chi connectivity index (χ2v) is 10.8. The van der Waals surface area contributed by atoms with Gasteiger partial charge >= 0.3 is 6.03 Å². The van der Waals surface area contributed by atoms with Crippen molar-refractivity contribution in [1.82, 2.24) is 20.0 Å². The fraction of sp³-hybridized carbons (Fsp3) is 0.241. The van der Waals surface area contributed by atoms with Crippen molar-refractivity contribution in [3.8, 4) is 5.75 Å². The van der Waals surface area contributed by atoms with E-state index in [9.17, 15) is 14.4 Å². The van der Waals surface area contributed by atoms with Gasteiger partial charge in [0.1, 0.15) is 11.2 Å². The van der Waals surface area contributed by atoms with Crippen molar-refractivity contribution in [1.29, 1.82) is 0 Å². The van der Waals surface area contributed by atoms with Gasteiger partial charge < -0.3 is 30.3 Å². The van der Waals surface area contributed by atoms with Crippen LogP contribution in [0.3, 0.4) is 0 Å². The Morgan fingerprint density at radius 3 is 2.65 bits per heavy atom. The Morgan fingerprint density at radius 2 is 1.88 bits per heavy atom. The summed E-state index contributed by atoms with van der Waals surface area (Å²) in [6, 6.07) is 12.7. The highest BCUT2D eigenvalue weighted by molar-refractivity contribution is 9.10. The number of nitrogens with one attached hydrogen (secondary N) is 3. The topological polar surface area (TPSA) is 126 Å². The summed E-state index contributed by atoms with van der Waals surface area (Å²) in [5.41, 5.74) is 3.07. The third-order valence-electron chi connectivity index (χ3n) is 6.36. The summed E-state index contributed by atoms with van der Waals surface area (Å²) in [5.74, 6) is -0.199. The Balaban J connectivity index is 1.37. The Bertz CT molecular complexity index is 1660. The van der Waals surface area contributed by atoms with E-state index < -0.39 is 11.9 Å². The average Bonchev–Trinajstić information content (AvgIpc) is 3.29. The van der Waals surface area contributed by atoms with Gasteiger partial charge in [0.2, 0.25) is 5.91 Å². The van der Waals surface area contributed by atoms with E-state index in [2.05, 4.69) is 36.9 Å². The van der Waals surface area contributed by atoms with Crippen LogP contribution in [0.4, 0.5) is 16.2 Å². The number of anilines is 2. The smallest absolute Gasteiger partial charge is 0.319 e. The van der Waals surface area contributed by atoms with Crippen LogP contribution in [-0.2, 0) is 16.1 Å². The summed E-state index contributed by atoms with van der Waals surface area (Å²) in [4.78, 5) is 43.6. The lowest BCUT2D eigenvalue weighted by Gasteiger charge is -2.21. The number of ether oxygens (including phenoxy) is 2. The molecule has 4 amide bonds. The molecular formula is C29H29BrCl2N6O5. The van der Waals surface area contributed by atoms with E-state index >= 15 is 0 Å². The Labute approximate surface area is 266 Å². The number of carbonyl (C=O) groups is 3. The molecule has 0 unspecified atom stereocenters. The molecule has 0 aliphatic rings. The van der Waals surface area contributed by atoms with Crippen molar-refractivity contribution < 1.29 is 23.9 Å². The Kier molecular flexibility index (Phi) is 10.9. The predicted molar refractivity (Wildman–Crippen MR) is 170 cm³/mol. The molecule has 0 fully saturated rings. The van der Waals surface area contributed by atoms with Gasteiger partial charge in [0.25, 0.3) is 5.91 Å². The zero-order chi connectivity index (χ0) is 31.1. The third-order valence-corrected chi connectivity index (χ3v) is 8.09. The van der Waals surface area contributed by atoms with Crippen LogP contribution < -0.4 is 25.6 Å². The molecular weight excluding hydrogens is 663 g/mol. The van der Waals surface area contributed by atoms with Gasteiger partial charge in [-0.3, -0.25) is 14.0 Å². The minimum absolute atomic E-state index is 0.0286. The molecule has 0 bridgehead atoms.